The van der Waals surface area contributed by atoms with E-state index in [0.717, 1.165) is 0 Å². The predicted molar refractivity (Wildman–Crippen MR) is 34.3 cm³/mol. The van der Waals surface area contributed by atoms with Crippen LogP contribution in [0.15, 0.2) is 6.20 Å². The molecule has 0 unspecified atom stereocenters. The van der Waals surface area contributed by atoms with E-state index in [9.17, 15) is 4.79 Å². The lowest BCUT2D eigenvalue weighted by Crippen LogP contribution is -1.97. The first-order chi connectivity index (χ1) is 4.63. The van der Waals surface area contributed by atoms with Crippen molar-refractivity contribution in [2.45, 2.75) is 6.92 Å². The SMILES string of the molecule is Cc1c(C(=O)Cl)cnn1O. The highest BCUT2D eigenvalue weighted by atomic mass is 35.5. The Labute approximate surface area is 62.0 Å². The smallest absolute Gasteiger partial charge is 0.255 e. The van der Waals surface area contributed by atoms with Crippen molar-refractivity contribution in [1.29, 1.82) is 0 Å². The first-order valence-electron chi connectivity index (χ1n) is 2.56. The second-order valence-corrected chi connectivity index (χ2v) is 2.15. The van der Waals surface area contributed by atoms with Crippen LogP contribution < -0.4 is 0 Å². The fourth-order valence-corrected chi connectivity index (χ4v) is 0.779. The molecule has 1 aromatic heterocycles. The van der Waals surface area contributed by atoms with Gasteiger partial charge in [0.05, 0.1) is 17.5 Å². The van der Waals surface area contributed by atoms with E-state index in [1.54, 1.807) is 6.92 Å². The predicted octanol–water partition coefficient (Wildman–Crippen LogP) is 0.808. The summed E-state index contributed by atoms with van der Waals surface area (Å²) in [6.45, 7) is 1.54. The Balaban J connectivity index is 3.17. The van der Waals surface area contributed by atoms with E-state index in [1.165, 1.54) is 6.20 Å². The Hall–Kier alpha value is -1.03. The summed E-state index contributed by atoms with van der Waals surface area (Å²) < 4.78 is 0. The molecule has 0 amide bonds. The minimum atomic E-state index is -0.613. The van der Waals surface area contributed by atoms with Gasteiger partial charge < -0.3 is 5.21 Å². The zero-order valence-corrected chi connectivity index (χ0v) is 5.96. The zero-order chi connectivity index (χ0) is 7.72. The molecular formula is C5H5ClN2O2. The molecule has 0 saturated heterocycles. The normalized spacial score (nSPS) is 9.80. The van der Waals surface area contributed by atoms with Gasteiger partial charge in [0.1, 0.15) is 0 Å². The van der Waals surface area contributed by atoms with Crippen LogP contribution >= 0.6 is 11.6 Å². The van der Waals surface area contributed by atoms with Gasteiger partial charge in [0.15, 0.2) is 0 Å². The van der Waals surface area contributed by atoms with E-state index in [1.807, 2.05) is 0 Å². The standard InChI is InChI=1S/C5H5ClN2O2/c1-3-4(5(6)9)2-7-8(3)10/h2,10H,1H3. The van der Waals surface area contributed by atoms with Crippen molar-refractivity contribution >= 4 is 16.8 Å². The zero-order valence-electron chi connectivity index (χ0n) is 5.21. The highest BCUT2D eigenvalue weighted by Crippen LogP contribution is 2.07. The second kappa shape index (κ2) is 2.30. The van der Waals surface area contributed by atoms with Gasteiger partial charge in [0.25, 0.3) is 5.24 Å². The molecule has 5 heteroatoms. The minimum Gasteiger partial charge on any atom is -0.411 e. The van der Waals surface area contributed by atoms with Crippen LogP contribution in [0.2, 0.25) is 0 Å². The summed E-state index contributed by atoms with van der Waals surface area (Å²) in [5.74, 6) is 0. The van der Waals surface area contributed by atoms with Crippen LogP contribution in [-0.4, -0.2) is 20.4 Å². The van der Waals surface area contributed by atoms with Crippen molar-refractivity contribution in [3.05, 3.63) is 17.5 Å². The molecule has 0 atom stereocenters. The lowest BCUT2D eigenvalue weighted by molar-refractivity contribution is 0.107. The minimum absolute atomic E-state index is 0.226. The largest absolute Gasteiger partial charge is 0.411 e. The van der Waals surface area contributed by atoms with Crippen molar-refractivity contribution in [2.24, 2.45) is 0 Å². The number of rotatable bonds is 1. The van der Waals surface area contributed by atoms with Gasteiger partial charge in [-0.3, -0.25) is 4.79 Å². The Bertz CT molecular complexity index is 269. The number of halogens is 1. The van der Waals surface area contributed by atoms with Gasteiger partial charge in [-0.2, -0.15) is 0 Å². The Morgan fingerprint density at radius 3 is 2.70 bits per heavy atom. The fourth-order valence-electron chi connectivity index (χ4n) is 0.593. The summed E-state index contributed by atoms with van der Waals surface area (Å²) in [4.78, 5) is 11.1. The van der Waals surface area contributed by atoms with Crippen LogP contribution in [0.1, 0.15) is 16.1 Å². The van der Waals surface area contributed by atoms with Crippen LogP contribution in [0.4, 0.5) is 0 Å². The summed E-state index contributed by atoms with van der Waals surface area (Å²) in [5.41, 5.74) is 0.573. The van der Waals surface area contributed by atoms with Gasteiger partial charge in [0, 0.05) is 0 Å². The topological polar surface area (TPSA) is 55.1 Å². The molecule has 1 heterocycles. The Morgan fingerprint density at radius 1 is 1.90 bits per heavy atom. The monoisotopic (exact) mass is 160 g/mol. The third-order valence-electron chi connectivity index (χ3n) is 1.20. The molecule has 0 spiro atoms. The lowest BCUT2D eigenvalue weighted by Gasteiger charge is -1.90. The fraction of sp³-hybridized carbons (Fsp3) is 0.200. The van der Waals surface area contributed by atoms with Crippen LogP contribution in [0.5, 0.6) is 0 Å². The number of hydrogen-bond donors (Lipinski definition) is 1. The Kier molecular flexibility index (Phi) is 1.63. The molecule has 1 N–H and O–H groups in total. The maximum atomic E-state index is 10.5. The van der Waals surface area contributed by atoms with E-state index >= 15 is 0 Å². The molecule has 0 aliphatic carbocycles. The summed E-state index contributed by atoms with van der Waals surface area (Å²) in [6, 6.07) is 0. The van der Waals surface area contributed by atoms with E-state index < -0.39 is 5.24 Å². The second-order valence-electron chi connectivity index (χ2n) is 1.81. The average molecular weight is 161 g/mol. The lowest BCUT2D eigenvalue weighted by atomic mass is 10.3. The number of carbonyl (C=O) groups excluding carboxylic acids is 1. The van der Waals surface area contributed by atoms with Crippen LogP contribution in [0, 0.1) is 6.92 Å². The molecule has 0 aliphatic heterocycles. The average Bonchev–Trinajstić information content (AvgIpc) is 2.14. The molecule has 0 aliphatic rings. The first-order valence-corrected chi connectivity index (χ1v) is 2.94. The molecule has 1 rings (SSSR count). The van der Waals surface area contributed by atoms with Gasteiger partial charge in [-0.05, 0) is 18.5 Å². The number of hydrogen-bond acceptors (Lipinski definition) is 3. The highest BCUT2D eigenvalue weighted by molar-refractivity contribution is 6.67. The summed E-state index contributed by atoms with van der Waals surface area (Å²) in [6.07, 6.45) is 1.21. The summed E-state index contributed by atoms with van der Waals surface area (Å²) in [7, 11) is 0. The molecule has 0 saturated carbocycles. The summed E-state index contributed by atoms with van der Waals surface area (Å²) >= 11 is 5.12. The van der Waals surface area contributed by atoms with E-state index in [0.29, 0.717) is 10.5 Å². The molecule has 0 aromatic carbocycles. The van der Waals surface area contributed by atoms with Gasteiger partial charge in [-0.1, -0.05) is 0 Å². The van der Waals surface area contributed by atoms with Crippen molar-refractivity contribution in [3.63, 3.8) is 0 Å². The third kappa shape index (κ3) is 0.974. The van der Waals surface area contributed by atoms with Crippen molar-refractivity contribution in [1.82, 2.24) is 9.94 Å². The molecule has 4 nitrogen and oxygen atoms in total. The van der Waals surface area contributed by atoms with Gasteiger partial charge in [0.2, 0.25) is 0 Å². The van der Waals surface area contributed by atoms with Gasteiger partial charge in [-0.25, -0.2) is 0 Å². The molecule has 0 fully saturated rings. The number of aromatic nitrogens is 2. The van der Waals surface area contributed by atoms with Gasteiger partial charge >= 0.3 is 0 Å². The van der Waals surface area contributed by atoms with Crippen molar-refractivity contribution in [3.8, 4) is 0 Å². The van der Waals surface area contributed by atoms with Crippen LogP contribution in [0.25, 0.3) is 0 Å². The third-order valence-corrected chi connectivity index (χ3v) is 1.40. The van der Waals surface area contributed by atoms with Crippen molar-refractivity contribution < 1.29 is 10.0 Å². The number of nitrogens with zero attached hydrogens (tertiary/aromatic N) is 2. The first kappa shape index (κ1) is 7.08. The van der Waals surface area contributed by atoms with Crippen LogP contribution in [-0.2, 0) is 0 Å². The quantitative estimate of drug-likeness (QED) is 0.489. The summed E-state index contributed by atoms with van der Waals surface area (Å²) in [5, 5.41) is 11.6. The maximum Gasteiger partial charge on any atom is 0.255 e. The van der Waals surface area contributed by atoms with E-state index in [4.69, 9.17) is 16.8 Å². The number of carbonyl (C=O) groups is 1. The molecule has 0 bridgehead atoms. The van der Waals surface area contributed by atoms with Gasteiger partial charge in [-0.15, -0.1) is 9.94 Å². The van der Waals surface area contributed by atoms with E-state index in [2.05, 4.69) is 5.10 Å². The van der Waals surface area contributed by atoms with E-state index in [-0.39, 0.29) is 5.56 Å². The molecule has 10 heavy (non-hydrogen) atoms. The highest BCUT2D eigenvalue weighted by Gasteiger charge is 2.10. The molecule has 1 aromatic rings. The molecular weight excluding hydrogens is 156 g/mol. The van der Waals surface area contributed by atoms with Crippen molar-refractivity contribution in [2.75, 3.05) is 0 Å². The Morgan fingerprint density at radius 2 is 2.50 bits per heavy atom. The molecule has 0 radical (unpaired) electrons. The maximum absolute atomic E-state index is 10.5. The van der Waals surface area contributed by atoms with Crippen LogP contribution in [0.3, 0.4) is 0 Å². The molecule has 54 valence electrons.